The van der Waals surface area contributed by atoms with Gasteiger partial charge in [0.15, 0.2) is 0 Å². The number of hydrogen-bond donors (Lipinski definition) is 1. The Bertz CT molecular complexity index is 364. The van der Waals surface area contributed by atoms with Crippen molar-refractivity contribution in [1.29, 1.82) is 0 Å². The van der Waals surface area contributed by atoms with E-state index in [0.717, 1.165) is 31.7 Å². The number of halogens is 1. The molecule has 0 bridgehead atoms. The molecule has 1 aromatic carbocycles. The fourth-order valence-electron chi connectivity index (χ4n) is 2.06. The van der Waals surface area contributed by atoms with Crippen LogP contribution < -0.4 is 10.1 Å². The molecular formula is C13H18ClNO2. The SMILES string of the molecule is COC1(COc2cccc(Cl)c2)CCNCC1. The van der Waals surface area contributed by atoms with Gasteiger partial charge in [-0.3, -0.25) is 0 Å². The van der Waals surface area contributed by atoms with Crippen LogP contribution in [-0.4, -0.2) is 32.4 Å². The Hall–Kier alpha value is -0.770. The van der Waals surface area contributed by atoms with Crippen molar-refractivity contribution in [3.63, 3.8) is 0 Å². The van der Waals surface area contributed by atoms with Crippen molar-refractivity contribution in [2.24, 2.45) is 0 Å². The van der Waals surface area contributed by atoms with Crippen LogP contribution in [-0.2, 0) is 4.74 Å². The van der Waals surface area contributed by atoms with E-state index < -0.39 is 0 Å². The third kappa shape index (κ3) is 3.35. The zero-order valence-electron chi connectivity index (χ0n) is 10.0. The summed E-state index contributed by atoms with van der Waals surface area (Å²) >= 11 is 5.91. The first-order valence-corrected chi connectivity index (χ1v) is 6.26. The molecule has 1 saturated heterocycles. The maximum atomic E-state index is 5.91. The Balaban J connectivity index is 1.95. The van der Waals surface area contributed by atoms with Gasteiger partial charge in [0.25, 0.3) is 0 Å². The van der Waals surface area contributed by atoms with Crippen LogP contribution in [0.4, 0.5) is 0 Å². The van der Waals surface area contributed by atoms with Gasteiger partial charge in [-0.2, -0.15) is 0 Å². The molecule has 0 radical (unpaired) electrons. The molecule has 0 aromatic heterocycles. The number of rotatable bonds is 4. The molecule has 1 N–H and O–H groups in total. The van der Waals surface area contributed by atoms with Gasteiger partial charge in [-0.15, -0.1) is 0 Å². The van der Waals surface area contributed by atoms with Crippen LogP contribution in [0.25, 0.3) is 0 Å². The van der Waals surface area contributed by atoms with Gasteiger partial charge in [0, 0.05) is 12.1 Å². The summed E-state index contributed by atoms with van der Waals surface area (Å²) in [6, 6.07) is 7.47. The predicted octanol–water partition coefficient (Wildman–Crippen LogP) is 2.49. The van der Waals surface area contributed by atoms with Gasteiger partial charge in [0.2, 0.25) is 0 Å². The molecule has 3 nitrogen and oxygen atoms in total. The second-order valence-electron chi connectivity index (χ2n) is 4.38. The van der Waals surface area contributed by atoms with E-state index in [9.17, 15) is 0 Å². The summed E-state index contributed by atoms with van der Waals surface area (Å²) in [6.07, 6.45) is 1.95. The smallest absolute Gasteiger partial charge is 0.120 e. The van der Waals surface area contributed by atoms with E-state index in [0.29, 0.717) is 11.6 Å². The van der Waals surface area contributed by atoms with Crippen LogP contribution in [0, 0.1) is 0 Å². The quantitative estimate of drug-likeness (QED) is 0.897. The molecule has 0 aliphatic carbocycles. The van der Waals surface area contributed by atoms with E-state index in [1.54, 1.807) is 7.11 Å². The zero-order chi connectivity index (χ0) is 12.1. The fourth-order valence-corrected chi connectivity index (χ4v) is 2.24. The molecule has 1 heterocycles. The standard InChI is InChI=1S/C13H18ClNO2/c1-16-13(5-7-15-8-6-13)10-17-12-4-2-3-11(14)9-12/h2-4,9,15H,5-8,10H2,1H3. The van der Waals surface area contributed by atoms with Crippen LogP contribution in [0.1, 0.15) is 12.8 Å². The molecule has 2 rings (SSSR count). The predicted molar refractivity (Wildman–Crippen MR) is 68.8 cm³/mol. The summed E-state index contributed by atoms with van der Waals surface area (Å²) in [5.74, 6) is 0.799. The van der Waals surface area contributed by atoms with Crippen molar-refractivity contribution in [2.75, 3.05) is 26.8 Å². The average molecular weight is 256 g/mol. The summed E-state index contributed by atoms with van der Waals surface area (Å²) in [7, 11) is 1.76. The lowest BCUT2D eigenvalue weighted by Gasteiger charge is -2.35. The van der Waals surface area contributed by atoms with Gasteiger partial charge in [0.05, 0.1) is 0 Å². The summed E-state index contributed by atoms with van der Waals surface area (Å²) in [6.45, 7) is 2.53. The van der Waals surface area contributed by atoms with Gasteiger partial charge in [-0.25, -0.2) is 0 Å². The first kappa shape index (κ1) is 12.7. The molecule has 17 heavy (non-hydrogen) atoms. The van der Waals surface area contributed by atoms with E-state index in [4.69, 9.17) is 21.1 Å². The van der Waals surface area contributed by atoms with Crippen LogP contribution in [0.2, 0.25) is 5.02 Å². The van der Waals surface area contributed by atoms with Crippen molar-refractivity contribution in [3.8, 4) is 5.75 Å². The molecule has 4 heteroatoms. The molecule has 0 spiro atoms. The van der Waals surface area contributed by atoms with Gasteiger partial charge in [-0.05, 0) is 44.1 Å². The minimum atomic E-state index is -0.159. The van der Waals surface area contributed by atoms with E-state index in [1.807, 2.05) is 24.3 Å². The van der Waals surface area contributed by atoms with Crippen LogP contribution in [0.5, 0.6) is 5.75 Å². The summed E-state index contributed by atoms with van der Waals surface area (Å²) in [5.41, 5.74) is -0.159. The maximum Gasteiger partial charge on any atom is 0.120 e. The lowest BCUT2D eigenvalue weighted by Crippen LogP contribution is -2.47. The van der Waals surface area contributed by atoms with Gasteiger partial charge in [0.1, 0.15) is 18.0 Å². The van der Waals surface area contributed by atoms with E-state index >= 15 is 0 Å². The van der Waals surface area contributed by atoms with Gasteiger partial charge >= 0.3 is 0 Å². The molecule has 94 valence electrons. The molecule has 0 atom stereocenters. The topological polar surface area (TPSA) is 30.5 Å². The van der Waals surface area contributed by atoms with Crippen LogP contribution in [0.15, 0.2) is 24.3 Å². The summed E-state index contributed by atoms with van der Waals surface area (Å²) in [4.78, 5) is 0. The Morgan fingerprint density at radius 3 is 2.76 bits per heavy atom. The molecule has 1 aliphatic heterocycles. The first-order valence-electron chi connectivity index (χ1n) is 5.88. The maximum absolute atomic E-state index is 5.91. The normalized spacial score (nSPS) is 18.9. The molecule has 0 saturated carbocycles. The monoisotopic (exact) mass is 255 g/mol. The van der Waals surface area contributed by atoms with Crippen molar-refractivity contribution < 1.29 is 9.47 Å². The van der Waals surface area contributed by atoms with E-state index in [1.165, 1.54) is 0 Å². The van der Waals surface area contributed by atoms with E-state index in [-0.39, 0.29) is 5.60 Å². The molecule has 1 aromatic rings. The minimum Gasteiger partial charge on any atom is -0.491 e. The Labute approximate surface area is 107 Å². The first-order chi connectivity index (χ1) is 8.24. The largest absolute Gasteiger partial charge is 0.491 e. The molecule has 1 aliphatic rings. The second kappa shape index (κ2) is 5.71. The van der Waals surface area contributed by atoms with Crippen molar-refractivity contribution in [1.82, 2.24) is 5.32 Å². The highest BCUT2D eigenvalue weighted by atomic mass is 35.5. The zero-order valence-corrected chi connectivity index (χ0v) is 10.8. The summed E-state index contributed by atoms with van der Waals surface area (Å²) < 4.78 is 11.4. The second-order valence-corrected chi connectivity index (χ2v) is 4.82. The third-order valence-corrected chi connectivity index (χ3v) is 3.48. The number of hydrogen-bond acceptors (Lipinski definition) is 3. The van der Waals surface area contributed by atoms with E-state index in [2.05, 4.69) is 5.32 Å². The lowest BCUT2D eigenvalue weighted by molar-refractivity contribution is -0.0640. The Morgan fingerprint density at radius 2 is 2.12 bits per heavy atom. The highest BCUT2D eigenvalue weighted by molar-refractivity contribution is 6.30. The highest BCUT2D eigenvalue weighted by Crippen LogP contribution is 2.25. The number of benzene rings is 1. The number of nitrogens with one attached hydrogen (secondary N) is 1. The van der Waals surface area contributed by atoms with Crippen LogP contribution >= 0.6 is 11.6 Å². The third-order valence-electron chi connectivity index (χ3n) is 3.25. The van der Waals surface area contributed by atoms with Crippen LogP contribution in [0.3, 0.4) is 0 Å². The van der Waals surface area contributed by atoms with Crippen molar-refractivity contribution >= 4 is 11.6 Å². The fraction of sp³-hybridized carbons (Fsp3) is 0.538. The average Bonchev–Trinajstić information content (AvgIpc) is 2.38. The Morgan fingerprint density at radius 1 is 1.35 bits per heavy atom. The minimum absolute atomic E-state index is 0.159. The highest BCUT2D eigenvalue weighted by Gasteiger charge is 2.32. The van der Waals surface area contributed by atoms with Crippen molar-refractivity contribution in [3.05, 3.63) is 29.3 Å². The lowest BCUT2D eigenvalue weighted by atomic mass is 9.93. The number of methoxy groups -OCH3 is 1. The van der Waals surface area contributed by atoms with Gasteiger partial charge < -0.3 is 14.8 Å². The summed E-state index contributed by atoms with van der Waals surface area (Å²) in [5, 5.41) is 4.02. The van der Waals surface area contributed by atoms with Crippen molar-refractivity contribution in [2.45, 2.75) is 18.4 Å². The molecule has 0 amide bonds. The number of piperidine rings is 1. The Kier molecular flexibility index (Phi) is 4.26. The van der Waals surface area contributed by atoms with Gasteiger partial charge in [-0.1, -0.05) is 17.7 Å². The molecular weight excluding hydrogens is 238 g/mol. The molecule has 1 fully saturated rings. The molecule has 0 unspecified atom stereocenters. The number of ether oxygens (including phenoxy) is 2.